The van der Waals surface area contributed by atoms with Crippen LogP contribution in [0.1, 0.15) is 12.8 Å². The van der Waals surface area contributed by atoms with Crippen molar-refractivity contribution in [3.8, 4) is 0 Å². The summed E-state index contributed by atoms with van der Waals surface area (Å²) < 4.78 is 12.5. The third-order valence-corrected chi connectivity index (χ3v) is 2.88. The maximum Gasteiger partial charge on any atom is 0.125 e. The molecule has 76 valence electrons. The number of piperidine rings is 1. The van der Waals surface area contributed by atoms with E-state index in [0.29, 0.717) is 26.2 Å². The molecule has 0 bridgehead atoms. The highest BCUT2D eigenvalue weighted by atomic mass is 19.1. The summed E-state index contributed by atoms with van der Waals surface area (Å²) in [4.78, 5) is 1.98. The maximum absolute atomic E-state index is 12.5. The van der Waals surface area contributed by atoms with Gasteiger partial charge in [-0.25, -0.2) is 4.39 Å². The van der Waals surface area contributed by atoms with Crippen molar-refractivity contribution in [1.82, 2.24) is 10.2 Å². The minimum Gasteiger partial charge on any atom is -0.387 e. The van der Waals surface area contributed by atoms with E-state index in [4.69, 9.17) is 0 Å². The number of nitrogens with one attached hydrogen (secondary N) is 1. The van der Waals surface area contributed by atoms with E-state index >= 15 is 0 Å². The molecular formula is C9H17FN2O. The number of aliphatic hydroxyl groups is 1. The minimum absolute atomic E-state index is 0.502. The Labute approximate surface area is 77.9 Å². The fourth-order valence-corrected chi connectivity index (χ4v) is 2.14. The van der Waals surface area contributed by atoms with Crippen LogP contribution in [0, 0.1) is 0 Å². The number of β-amino-alcohol motifs (C(OH)–C–C–N with tert-alkyl or cyclic N) is 1. The van der Waals surface area contributed by atoms with Gasteiger partial charge in [0.05, 0.1) is 5.60 Å². The van der Waals surface area contributed by atoms with Crippen molar-refractivity contribution in [3.63, 3.8) is 0 Å². The van der Waals surface area contributed by atoms with Crippen LogP contribution in [-0.2, 0) is 0 Å². The van der Waals surface area contributed by atoms with Crippen LogP contribution >= 0.6 is 0 Å². The highest BCUT2D eigenvalue weighted by Gasteiger charge is 2.36. The van der Waals surface area contributed by atoms with Crippen LogP contribution in [0.2, 0.25) is 0 Å². The van der Waals surface area contributed by atoms with E-state index < -0.39 is 11.8 Å². The SMILES string of the molecule is OC1(CN2CC(F)C2)CCCNC1. The van der Waals surface area contributed by atoms with E-state index in [1.807, 2.05) is 4.90 Å². The van der Waals surface area contributed by atoms with Crippen molar-refractivity contribution in [3.05, 3.63) is 0 Å². The largest absolute Gasteiger partial charge is 0.387 e. The molecule has 0 spiro atoms. The van der Waals surface area contributed by atoms with Gasteiger partial charge in [0, 0.05) is 26.2 Å². The van der Waals surface area contributed by atoms with Crippen molar-refractivity contribution in [2.45, 2.75) is 24.6 Å². The van der Waals surface area contributed by atoms with Gasteiger partial charge >= 0.3 is 0 Å². The lowest BCUT2D eigenvalue weighted by atomic mass is 9.92. The zero-order chi connectivity index (χ0) is 9.31. The number of hydrogen-bond acceptors (Lipinski definition) is 3. The molecule has 0 aromatic carbocycles. The molecule has 2 aliphatic heterocycles. The number of hydrogen-bond donors (Lipinski definition) is 2. The first-order valence-corrected chi connectivity index (χ1v) is 4.97. The lowest BCUT2D eigenvalue weighted by Crippen LogP contribution is -2.59. The zero-order valence-corrected chi connectivity index (χ0v) is 7.80. The van der Waals surface area contributed by atoms with E-state index in [1.54, 1.807) is 0 Å². The Balaban J connectivity index is 1.78. The first-order valence-electron chi connectivity index (χ1n) is 4.97. The molecule has 0 saturated carbocycles. The first kappa shape index (κ1) is 9.37. The average Bonchev–Trinajstić information content (AvgIpc) is 2.02. The van der Waals surface area contributed by atoms with Crippen LogP contribution in [0.3, 0.4) is 0 Å². The lowest BCUT2D eigenvalue weighted by molar-refractivity contribution is -0.0497. The summed E-state index contributed by atoms with van der Waals surface area (Å²) >= 11 is 0. The van der Waals surface area contributed by atoms with Gasteiger partial charge < -0.3 is 10.4 Å². The Hall–Kier alpha value is -0.190. The van der Waals surface area contributed by atoms with E-state index in [2.05, 4.69) is 5.32 Å². The van der Waals surface area contributed by atoms with Gasteiger partial charge in [0.15, 0.2) is 0 Å². The molecule has 2 saturated heterocycles. The molecule has 0 amide bonds. The summed E-state index contributed by atoms with van der Waals surface area (Å²) in [6.07, 6.45) is 1.19. The average molecular weight is 188 g/mol. The zero-order valence-electron chi connectivity index (χ0n) is 7.80. The van der Waals surface area contributed by atoms with Crippen molar-refractivity contribution in [1.29, 1.82) is 0 Å². The fourth-order valence-electron chi connectivity index (χ4n) is 2.14. The molecule has 2 rings (SSSR count). The molecule has 0 radical (unpaired) electrons. The third kappa shape index (κ3) is 2.18. The molecule has 0 aromatic heterocycles. The first-order chi connectivity index (χ1) is 6.18. The number of likely N-dealkylation sites (tertiary alicyclic amines) is 1. The Morgan fingerprint density at radius 1 is 1.54 bits per heavy atom. The van der Waals surface area contributed by atoms with Crippen LogP contribution in [-0.4, -0.2) is 54.5 Å². The Morgan fingerprint density at radius 2 is 2.31 bits per heavy atom. The Kier molecular flexibility index (Phi) is 2.53. The van der Waals surface area contributed by atoms with E-state index in [-0.39, 0.29) is 0 Å². The Morgan fingerprint density at radius 3 is 2.85 bits per heavy atom. The molecule has 13 heavy (non-hydrogen) atoms. The van der Waals surface area contributed by atoms with Crippen LogP contribution in [0.25, 0.3) is 0 Å². The van der Waals surface area contributed by atoms with Crippen molar-refractivity contribution < 1.29 is 9.50 Å². The lowest BCUT2D eigenvalue weighted by Gasteiger charge is -2.42. The minimum atomic E-state index is -0.667. The predicted octanol–water partition coefficient (Wildman–Crippen LogP) is -0.245. The van der Waals surface area contributed by atoms with Crippen LogP contribution in [0.5, 0.6) is 0 Å². The van der Waals surface area contributed by atoms with Crippen molar-refractivity contribution in [2.24, 2.45) is 0 Å². The summed E-state index contributed by atoms with van der Waals surface area (Å²) in [6.45, 7) is 3.28. The van der Waals surface area contributed by atoms with E-state index in [1.165, 1.54) is 0 Å². The van der Waals surface area contributed by atoms with Gasteiger partial charge in [-0.1, -0.05) is 0 Å². The second-order valence-corrected chi connectivity index (χ2v) is 4.30. The van der Waals surface area contributed by atoms with E-state index in [0.717, 1.165) is 19.4 Å². The van der Waals surface area contributed by atoms with Gasteiger partial charge in [0.25, 0.3) is 0 Å². The molecule has 0 aliphatic carbocycles. The smallest absolute Gasteiger partial charge is 0.125 e. The predicted molar refractivity (Wildman–Crippen MR) is 48.4 cm³/mol. The summed E-state index contributed by atoms with van der Waals surface area (Å²) in [5.74, 6) is 0. The number of halogens is 1. The normalized spacial score (nSPS) is 37.4. The molecule has 2 fully saturated rings. The second-order valence-electron chi connectivity index (χ2n) is 4.30. The van der Waals surface area contributed by atoms with Crippen LogP contribution < -0.4 is 5.32 Å². The molecule has 4 heteroatoms. The van der Waals surface area contributed by atoms with Gasteiger partial charge in [0.2, 0.25) is 0 Å². The van der Waals surface area contributed by atoms with Gasteiger partial charge in [-0.3, -0.25) is 4.90 Å². The Bertz CT molecular complexity index is 176. The molecule has 1 unspecified atom stereocenters. The van der Waals surface area contributed by atoms with Gasteiger partial charge in [-0.2, -0.15) is 0 Å². The second kappa shape index (κ2) is 3.52. The molecule has 0 aromatic rings. The van der Waals surface area contributed by atoms with Crippen molar-refractivity contribution in [2.75, 3.05) is 32.7 Å². The van der Waals surface area contributed by atoms with Crippen LogP contribution in [0.15, 0.2) is 0 Å². The molecule has 2 aliphatic rings. The topological polar surface area (TPSA) is 35.5 Å². The number of nitrogens with zero attached hydrogens (tertiary/aromatic N) is 1. The van der Waals surface area contributed by atoms with Crippen LogP contribution in [0.4, 0.5) is 4.39 Å². The molecule has 2 N–H and O–H groups in total. The highest BCUT2D eigenvalue weighted by Crippen LogP contribution is 2.21. The molecule has 2 heterocycles. The monoisotopic (exact) mass is 188 g/mol. The van der Waals surface area contributed by atoms with E-state index in [9.17, 15) is 9.50 Å². The molecular weight excluding hydrogens is 171 g/mol. The van der Waals surface area contributed by atoms with Crippen molar-refractivity contribution >= 4 is 0 Å². The molecule has 3 nitrogen and oxygen atoms in total. The number of alkyl halides is 1. The number of rotatable bonds is 2. The summed E-state index contributed by atoms with van der Waals surface area (Å²) in [5, 5.41) is 13.2. The van der Waals surface area contributed by atoms with Gasteiger partial charge in [0.1, 0.15) is 6.17 Å². The maximum atomic E-state index is 12.5. The van der Waals surface area contributed by atoms with Gasteiger partial charge in [-0.05, 0) is 19.4 Å². The highest BCUT2D eigenvalue weighted by molar-refractivity contribution is 4.92. The quantitative estimate of drug-likeness (QED) is 0.627. The summed E-state index contributed by atoms with van der Waals surface area (Å²) in [7, 11) is 0. The van der Waals surface area contributed by atoms with Gasteiger partial charge in [-0.15, -0.1) is 0 Å². The third-order valence-electron chi connectivity index (χ3n) is 2.88. The molecule has 1 atom stereocenters. The summed E-state index contributed by atoms with van der Waals surface area (Å²) in [6, 6.07) is 0. The summed E-state index contributed by atoms with van der Waals surface area (Å²) in [5.41, 5.74) is -0.613. The standard InChI is InChI=1S/C9H17FN2O/c10-8-4-12(5-8)7-9(13)2-1-3-11-6-9/h8,11,13H,1-7H2. The fraction of sp³-hybridized carbons (Fsp3) is 1.00.